The first-order chi connectivity index (χ1) is 13.4. The largest absolute Gasteiger partial charge is 0.469 e. The molecule has 0 aliphatic carbocycles. The van der Waals surface area contributed by atoms with Gasteiger partial charge >= 0.3 is 17.9 Å². The van der Waals surface area contributed by atoms with Crippen LogP contribution in [0.3, 0.4) is 0 Å². The van der Waals surface area contributed by atoms with Crippen LogP contribution in [0.2, 0.25) is 0 Å². The maximum Gasteiger partial charge on any atom is 0.339 e. The Balaban J connectivity index is 4.61. The molecule has 0 heterocycles. The number of aliphatic hydroxyl groups is 1. The standard InChI is InChI=1S/C21H38O7/c1-5-6-7-8-9-10-11-12-13-14-15-17(19(23)27-3)21(25,20(24)28-4)16-18(22)26-2/h17,25H,5-16H2,1-4H3/t17-,21+/m0/s1. The number of rotatable bonds is 16. The minimum Gasteiger partial charge on any atom is -0.469 e. The predicted octanol–water partition coefficient (Wildman–Crippen LogP) is 3.55. The number of esters is 3. The lowest BCUT2D eigenvalue weighted by Gasteiger charge is -2.31. The van der Waals surface area contributed by atoms with E-state index in [1.54, 1.807) is 0 Å². The molecule has 28 heavy (non-hydrogen) atoms. The normalized spacial score (nSPS) is 14.0. The van der Waals surface area contributed by atoms with Crippen LogP contribution in [0, 0.1) is 5.92 Å². The molecule has 7 heteroatoms. The zero-order valence-electron chi connectivity index (χ0n) is 18.0. The molecule has 0 spiro atoms. The van der Waals surface area contributed by atoms with E-state index in [1.165, 1.54) is 45.6 Å². The van der Waals surface area contributed by atoms with Crippen molar-refractivity contribution in [2.24, 2.45) is 5.92 Å². The molecule has 2 atom stereocenters. The average Bonchev–Trinajstić information content (AvgIpc) is 2.70. The van der Waals surface area contributed by atoms with E-state index in [0.29, 0.717) is 6.42 Å². The Morgan fingerprint density at radius 1 is 0.786 bits per heavy atom. The molecule has 0 amide bonds. The van der Waals surface area contributed by atoms with Crippen molar-refractivity contribution in [3.05, 3.63) is 0 Å². The number of ether oxygens (including phenoxy) is 3. The number of hydrogen-bond donors (Lipinski definition) is 1. The minimum atomic E-state index is -2.30. The van der Waals surface area contributed by atoms with E-state index >= 15 is 0 Å². The Bertz CT molecular complexity index is 464. The van der Waals surface area contributed by atoms with Crippen molar-refractivity contribution in [3.8, 4) is 0 Å². The number of unbranched alkanes of at least 4 members (excludes halogenated alkanes) is 9. The molecule has 164 valence electrons. The molecule has 0 aliphatic heterocycles. The Labute approximate surface area is 169 Å². The molecule has 0 saturated carbocycles. The van der Waals surface area contributed by atoms with E-state index in [1.807, 2.05) is 0 Å². The first-order valence-electron chi connectivity index (χ1n) is 10.3. The van der Waals surface area contributed by atoms with E-state index in [2.05, 4.69) is 16.4 Å². The smallest absolute Gasteiger partial charge is 0.339 e. The Morgan fingerprint density at radius 3 is 1.71 bits per heavy atom. The van der Waals surface area contributed by atoms with Crippen molar-refractivity contribution < 1.29 is 33.7 Å². The summed E-state index contributed by atoms with van der Waals surface area (Å²) in [5.74, 6) is -3.77. The van der Waals surface area contributed by atoms with Gasteiger partial charge in [0.2, 0.25) is 0 Å². The van der Waals surface area contributed by atoms with Gasteiger partial charge in [0, 0.05) is 0 Å². The van der Waals surface area contributed by atoms with E-state index in [0.717, 1.165) is 33.5 Å². The van der Waals surface area contributed by atoms with Crippen LogP contribution in [0.25, 0.3) is 0 Å². The van der Waals surface area contributed by atoms with Crippen molar-refractivity contribution in [2.75, 3.05) is 21.3 Å². The van der Waals surface area contributed by atoms with Gasteiger partial charge in [-0.3, -0.25) is 9.59 Å². The molecular weight excluding hydrogens is 364 g/mol. The topological polar surface area (TPSA) is 99.1 Å². The fraction of sp³-hybridized carbons (Fsp3) is 0.857. The molecule has 0 unspecified atom stereocenters. The SMILES string of the molecule is CCCCCCCCCCCC[C@@H](C(=O)OC)[C@](O)(CC(=O)OC)C(=O)OC. The van der Waals surface area contributed by atoms with Crippen LogP contribution in [0.15, 0.2) is 0 Å². The van der Waals surface area contributed by atoms with Gasteiger partial charge in [-0.2, -0.15) is 0 Å². The van der Waals surface area contributed by atoms with E-state index in [-0.39, 0.29) is 6.42 Å². The molecule has 0 fully saturated rings. The number of hydrogen-bond acceptors (Lipinski definition) is 7. The zero-order valence-corrected chi connectivity index (χ0v) is 18.0. The van der Waals surface area contributed by atoms with Crippen LogP contribution in [0.5, 0.6) is 0 Å². The molecule has 0 aromatic carbocycles. The molecule has 1 N–H and O–H groups in total. The molecule has 0 aliphatic rings. The van der Waals surface area contributed by atoms with Gasteiger partial charge in [-0.1, -0.05) is 71.1 Å². The zero-order chi connectivity index (χ0) is 21.4. The third kappa shape index (κ3) is 9.53. The fourth-order valence-corrected chi connectivity index (χ4v) is 3.34. The van der Waals surface area contributed by atoms with Gasteiger partial charge in [0.25, 0.3) is 0 Å². The lowest BCUT2D eigenvalue weighted by molar-refractivity contribution is -0.183. The van der Waals surface area contributed by atoms with Crippen LogP contribution in [0.4, 0.5) is 0 Å². The van der Waals surface area contributed by atoms with Gasteiger partial charge in [0.15, 0.2) is 5.60 Å². The molecule has 0 radical (unpaired) electrons. The van der Waals surface area contributed by atoms with Crippen molar-refractivity contribution in [1.29, 1.82) is 0 Å². The fourth-order valence-electron chi connectivity index (χ4n) is 3.34. The third-order valence-corrected chi connectivity index (χ3v) is 5.09. The van der Waals surface area contributed by atoms with Crippen LogP contribution < -0.4 is 0 Å². The monoisotopic (exact) mass is 402 g/mol. The van der Waals surface area contributed by atoms with Gasteiger partial charge in [0.1, 0.15) is 0 Å². The second-order valence-corrected chi connectivity index (χ2v) is 7.22. The van der Waals surface area contributed by atoms with Crippen LogP contribution in [0.1, 0.15) is 84.0 Å². The Morgan fingerprint density at radius 2 is 1.29 bits per heavy atom. The van der Waals surface area contributed by atoms with Crippen molar-refractivity contribution in [3.63, 3.8) is 0 Å². The summed E-state index contributed by atoms with van der Waals surface area (Å²) >= 11 is 0. The van der Waals surface area contributed by atoms with Gasteiger partial charge in [-0.05, 0) is 6.42 Å². The highest BCUT2D eigenvalue weighted by atomic mass is 16.6. The quantitative estimate of drug-likeness (QED) is 0.239. The van der Waals surface area contributed by atoms with Crippen LogP contribution >= 0.6 is 0 Å². The highest BCUT2D eigenvalue weighted by molar-refractivity contribution is 5.91. The number of methoxy groups -OCH3 is 3. The summed E-state index contributed by atoms with van der Waals surface area (Å²) in [6, 6.07) is 0. The molecule has 0 aromatic rings. The van der Waals surface area contributed by atoms with Gasteiger partial charge in [0.05, 0.1) is 33.7 Å². The minimum absolute atomic E-state index is 0.228. The van der Waals surface area contributed by atoms with E-state index < -0.39 is 35.8 Å². The maximum absolute atomic E-state index is 12.2. The predicted molar refractivity (Wildman–Crippen MR) is 106 cm³/mol. The second kappa shape index (κ2) is 15.3. The first kappa shape index (κ1) is 26.4. The van der Waals surface area contributed by atoms with Gasteiger partial charge in [-0.25, -0.2) is 4.79 Å². The van der Waals surface area contributed by atoms with Crippen LogP contribution in [-0.4, -0.2) is 49.9 Å². The molecule has 0 saturated heterocycles. The van der Waals surface area contributed by atoms with E-state index in [4.69, 9.17) is 4.74 Å². The lowest BCUT2D eigenvalue weighted by atomic mass is 9.80. The number of carbonyl (C=O) groups is 3. The summed E-state index contributed by atoms with van der Waals surface area (Å²) in [7, 11) is 3.43. The van der Waals surface area contributed by atoms with Crippen molar-refractivity contribution in [1.82, 2.24) is 0 Å². The second-order valence-electron chi connectivity index (χ2n) is 7.22. The van der Waals surface area contributed by atoms with Gasteiger partial charge < -0.3 is 19.3 Å². The summed E-state index contributed by atoms with van der Waals surface area (Å²) in [4.78, 5) is 36.0. The summed E-state index contributed by atoms with van der Waals surface area (Å²) < 4.78 is 13.9. The molecule has 0 rings (SSSR count). The molecule has 0 aromatic heterocycles. The lowest BCUT2D eigenvalue weighted by Crippen LogP contribution is -2.51. The average molecular weight is 403 g/mol. The Hall–Kier alpha value is -1.63. The first-order valence-corrected chi connectivity index (χ1v) is 10.3. The summed E-state index contributed by atoms with van der Waals surface area (Å²) in [5.41, 5.74) is -2.30. The highest BCUT2D eigenvalue weighted by Crippen LogP contribution is 2.30. The van der Waals surface area contributed by atoms with E-state index in [9.17, 15) is 19.5 Å². The van der Waals surface area contributed by atoms with Crippen molar-refractivity contribution in [2.45, 2.75) is 89.6 Å². The third-order valence-electron chi connectivity index (χ3n) is 5.09. The number of carbonyl (C=O) groups excluding carboxylic acids is 3. The highest BCUT2D eigenvalue weighted by Gasteiger charge is 2.51. The van der Waals surface area contributed by atoms with Gasteiger partial charge in [-0.15, -0.1) is 0 Å². The molecule has 7 nitrogen and oxygen atoms in total. The molecule has 0 bridgehead atoms. The maximum atomic E-state index is 12.2. The summed E-state index contributed by atoms with van der Waals surface area (Å²) in [6.07, 6.45) is 10.8. The van der Waals surface area contributed by atoms with Crippen molar-refractivity contribution >= 4 is 17.9 Å². The Kier molecular flexibility index (Phi) is 14.4. The molecular formula is C21H38O7. The summed E-state index contributed by atoms with van der Waals surface area (Å²) in [5, 5.41) is 10.8. The summed E-state index contributed by atoms with van der Waals surface area (Å²) in [6.45, 7) is 2.20. The van der Waals surface area contributed by atoms with Crippen LogP contribution in [-0.2, 0) is 28.6 Å².